The smallest absolute Gasteiger partial charge is 0.0715 e. The highest BCUT2D eigenvalue weighted by molar-refractivity contribution is 4.96. The number of hydrogen-bond donors (Lipinski definition) is 0. The van der Waals surface area contributed by atoms with Crippen molar-refractivity contribution in [1.82, 2.24) is 4.90 Å². The van der Waals surface area contributed by atoms with Crippen molar-refractivity contribution in [1.29, 1.82) is 0 Å². The highest BCUT2D eigenvalue weighted by Gasteiger charge is 2.40. The molecule has 72 valence electrons. The average Bonchev–Trinajstić information content (AvgIpc) is 2.43. The first kappa shape index (κ1) is 10.0. The van der Waals surface area contributed by atoms with Gasteiger partial charge in [-0.2, -0.15) is 0 Å². The molecule has 1 heterocycles. The van der Waals surface area contributed by atoms with E-state index in [4.69, 9.17) is 4.74 Å². The molecule has 2 nitrogen and oxygen atoms in total. The van der Waals surface area contributed by atoms with Gasteiger partial charge in [0, 0.05) is 19.2 Å². The van der Waals surface area contributed by atoms with Gasteiger partial charge in [0.25, 0.3) is 0 Å². The van der Waals surface area contributed by atoms with Crippen LogP contribution in [0.2, 0.25) is 0 Å². The fourth-order valence-electron chi connectivity index (χ4n) is 2.38. The van der Waals surface area contributed by atoms with Crippen molar-refractivity contribution in [2.45, 2.75) is 44.8 Å². The van der Waals surface area contributed by atoms with Gasteiger partial charge in [0.05, 0.1) is 6.10 Å². The summed E-state index contributed by atoms with van der Waals surface area (Å²) in [6.07, 6.45) is 4.13. The van der Waals surface area contributed by atoms with Gasteiger partial charge in [-0.1, -0.05) is 13.8 Å². The zero-order valence-corrected chi connectivity index (χ0v) is 8.76. The molecule has 1 fully saturated rings. The SMILES string of the molecule is CCC1(CC)CC(OC)CN1C. The molecule has 0 spiro atoms. The maximum atomic E-state index is 5.40. The molecule has 0 aromatic rings. The zero-order valence-electron chi connectivity index (χ0n) is 8.76. The van der Waals surface area contributed by atoms with Crippen molar-refractivity contribution < 1.29 is 4.74 Å². The highest BCUT2D eigenvalue weighted by Crippen LogP contribution is 2.34. The molecule has 1 unspecified atom stereocenters. The van der Waals surface area contributed by atoms with E-state index in [0.29, 0.717) is 11.6 Å². The van der Waals surface area contributed by atoms with Crippen LogP contribution in [0.3, 0.4) is 0 Å². The summed E-state index contributed by atoms with van der Waals surface area (Å²) in [5.74, 6) is 0. The molecule has 0 aromatic carbocycles. The van der Waals surface area contributed by atoms with Crippen LogP contribution in [0.5, 0.6) is 0 Å². The van der Waals surface area contributed by atoms with Gasteiger partial charge in [-0.15, -0.1) is 0 Å². The van der Waals surface area contributed by atoms with Gasteiger partial charge in [0.1, 0.15) is 0 Å². The lowest BCUT2D eigenvalue weighted by Crippen LogP contribution is -2.39. The summed E-state index contributed by atoms with van der Waals surface area (Å²) < 4.78 is 5.40. The van der Waals surface area contributed by atoms with Crippen molar-refractivity contribution in [3.63, 3.8) is 0 Å². The molecule has 1 rings (SSSR count). The molecule has 0 aliphatic carbocycles. The molecule has 1 aliphatic heterocycles. The Labute approximate surface area is 75.9 Å². The summed E-state index contributed by atoms with van der Waals surface area (Å²) in [7, 11) is 4.03. The number of nitrogens with zero attached hydrogens (tertiary/aromatic N) is 1. The number of likely N-dealkylation sites (tertiary alicyclic amines) is 1. The second-order valence-corrected chi connectivity index (χ2v) is 3.87. The number of likely N-dealkylation sites (N-methyl/N-ethyl adjacent to an activating group) is 1. The second-order valence-electron chi connectivity index (χ2n) is 3.87. The molecule has 1 atom stereocenters. The van der Waals surface area contributed by atoms with E-state index in [0.717, 1.165) is 6.54 Å². The number of methoxy groups -OCH3 is 1. The summed E-state index contributed by atoms with van der Waals surface area (Å²) in [5, 5.41) is 0. The molecule has 0 aromatic heterocycles. The molecule has 0 amide bonds. The number of hydrogen-bond acceptors (Lipinski definition) is 2. The predicted molar refractivity (Wildman–Crippen MR) is 51.4 cm³/mol. The Morgan fingerprint density at radius 3 is 2.25 bits per heavy atom. The van der Waals surface area contributed by atoms with Gasteiger partial charge in [0.15, 0.2) is 0 Å². The average molecular weight is 171 g/mol. The van der Waals surface area contributed by atoms with Crippen LogP contribution >= 0.6 is 0 Å². The summed E-state index contributed by atoms with van der Waals surface area (Å²) in [5.41, 5.74) is 0.417. The van der Waals surface area contributed by atoms with Crippen molar-refractivity contribution in [2.75, 3.05) is 20.7 Å². The Kier molecular flexibility index (Phi) is 3.13. The second kappa shape index (κ2) is 3.75. The molecule has 2 heteroatoms. The number of rotatable bonds is 3. The summed E-state index contributed by atoms with van der Waals surface area (Å²) in [6, 6.07) is 0. The third-order valence-corrected chi connectivity index (χ3v) is 3.54. The molecule has 12 heavy (non-hydrogen) atoms. The minimum atomic E-state index is 0.417. The molecule has 1 saturated heterocycles. The summed E-state index contributed by atoms with van der Waals surface area (Å²) in [6.45, 7) is 5.65. The Hall–Kier alpha value is -0.0800. The van der Waals surface area contributed by atoms with Gasteiger partial charge in [-0.25, -0.2) is 0 Å². The highest BCUT2D eigenvalue weighted by atomic mass is 16.5. The Morgan fingerprint density at radius 1 is 1.42 bits per heavy atom. The van der Waals surface area contributed by atoms with Crippen LogP contribution < -0.4 is 0 Å². The molecule has 1 aliphatic rings. The Balaban J connectivity index is 2.65. The van der Waals surface area contributed by atoms with Crippen LogP contribution in [0, 0.1) is 0 Å². The molecular weight excluding hydrogens is 150 g/mol. The zero-order chi connectivity index (χ0) is 9.19. The normalized spacial score (nSPS) is 29.5. The first-order valence-electron chi connectivity index (χ1n) is 4.92. The molecule has 0 saturated carbocycles. The van der Waals surface area contributed by atoms with Crippen molar-refractivity contribution in [3.05, 3.63) is 0 Å². The lowest BCUT2D eigenvalue weighted by Gasteiger charge is -2.33. The van der Waals surface area contributed by atoms with Crippen LogP contribution in [-0.4, -0.2) is 37.2 Å². The van der Waals surface area contributed by atoms with E-state index >= 15 is 0 Å². The lowest BCUT2D eigenvalue weighted by molar-refractivity contribution is 0.110. The maximum absolute atomic E-state index is 5.40. The monoisotopic (exact) mass is 171 g/mol. The van der Waals surface area contributed by atoms with E-state index in [2.05, 4.69) is 25.8 Å². The van der Waals surface area contributed by atoms with Gasteiger partial charge in [-0.3, -0.25) is 4.90 Å². The van der Waals surface area contributed by atoms with E-state index in [-0.39, 0.29) is 0 Å². The van der Waals surface area contributed by atoms with E-state index in [1.54, 1.807) is 0 Å². The topological polar surface area (TPSA) is 12.5 Å². The molecule has 0 N–H and O–H groups in total. The van der Waals surface area contributed by atoms with Crippen LogP contribution in [0.25, 0.3) is 0 Å². The first-order valence-corrected chi connectivity index (χ1v) is 4.92. The van der Waals surface area contributed by atoms with Crippen LogP contribution in [0.4, 0.5) is 0 Å². The van der Waals surface area contributed by atoms with Crippen LogP contribution in [-0.2, 0) is 4.74 Å². The van der Waals surface area contributed by atoms with Crippen LogP contribution in [0.15, 0.2) is 0 Å². The molecule has 0 radical (unpaired) electrons. The molecular formula is C10H21NO. The van der Waals surface area contributed by atoms with Gasteiger partial charge in [-0.05, 0) is 26.3 Å². The van der Waals surface area contributed by atoms with Gasteiger partial charge in [0.2, 0.25) is 0 Å². The van der Waals surface area contributed by atoms with E-state index in [1.165, 1.54) is 19.3 Å². The fourth-order valence-corrected chi connectivity index (χ4v) is 2.38. The van der Waals surface area contributed by atoms with Crippen molar-refractivity contribution in [3.8, 4) is 0 Å². The Morgan fingerprint density at radius 2 is 2.00 bits per heavy atom. The van der Waals surface area contributed by atoms with Gasteiger partial charge >= 0.3 is 0 Å². The predicted octanol–water partition coefficient (Wildman–Crippen LogP) is 1.90. The maximum Gasteiger partial charge on any atom is 0.0715 e. The summed E-state index contributed by atoms with van der Waals surface area (Å²) in [4.78, 5) is 2.46. The number of ether oxygens (including phenoxy) is 1. The van der Waals surface area contributed by atoms with E-state index in [9.17, 15) is 0 Å². The third kappa shape index (κ3) is 1.50. The van der Waals surface area contributed by atoms with Crippen molar-refractivity contribution in [2.24, 2.45) is 0 Å². The largest absolute Gasteiger partial charge is 0.380 e. The minimum Gasteiger partial charge on any atom is -0.380 e. The quantitative estimate of drug-likeness (QED) is 0.643. The van der Waals surface area contributed by atoms with Crippen LogP contribution in [0.1, 0.15) is 33.1 Å². The van der Waals surface area contributed by atoms with Crippen molar-refractivity contribution >= 4 is 0 Å². The Bertz CT molecular complexity index is 143. The van der Waals surface area contributed by atoms with Gasteiger partial charge < -0.3 is 4.74 Å². The van der Waals surface area contributed by atoms with E-state index in [1.807, 2.05) is 7.11 Å². The molecule has 0 bridgehead atoms. The van der Waals surface area contributed by atoms with E-state index < -0.39 is 0 Å². The minimum absolute atomic E-state index is 0.417. The lowest BCUT2D eigenvalue weighted by atomic mass is 9.90. The summed E-state index contributed by atoms with van der Waals surface area (Å²) >= 11 is 0. The third-order valence-electron chi connectivity index (χ3n) is 3.54. The standard InChI is InChI=1S/C10H21NO/c1-5-10(6-2)7-9(12-4)8-11(10)3/h9H,5-8H2,1-4H3. The fraction of sp³-hybridized carbons (Fsp3) is 1.00. The first-order chi connectivity index (χ1) is 5.68.